The van der Waals surface area contributed by atoms with E-state index in [0.29, 0.717) is 41.6 Å². The molecule has 3 aromatic carbocycles. The van der Waals surface area contributed by atoms with Crippen molar-refractivity contribution in [2.45, 2.75) is 12.6 Å². The minimum atomic E-state index is -0.825. The molecular formula is C29H24N2O6. The lowest BCUT2D eigenvalue weighted by molar-refractivity contribution is -0.140. The minimum absolute atomic E-state index is 0.0151. The molecule has 1 atom stereocenters. The molecule has 0 aliphatic carbocycles. The van der Waals surface area contributed by atoms with Gasteiger partial charge in [0.05, 0.1) is 25.3 Å². The number of aliphatic hydroxyl groups excluding tert-OH is 1. The summed E-state index contributed by atoms with van der Waals surface area (Å²) in [5.41, 5.74) is 2.70. The number of fused-ring (bicyclic) bond motifs is 2. The van der Waals surface area contributed by atoms with Gasteiger partial charge in [0.25, 0.3) is 11.7 Å². The molecule has 2 aliphatic heterocycles. The zero-order chi connectivity index (χ0) is 25.5. The Kier molecular flexibility index (Phi) is 5.56. The van der Waals surface area contributed by atoms with E-state index in [1.165, 1.54) is 4.90 Å². The maximum absolute atomic E-state index is 13.5. The number of amides is 1. The lowest BCUT2D eigenvalue weighted by atomic mass is 9.94. The molecule has 186 valence electrons. The highest BCUT2D eigenvalue weighted by molar-refractivity contribution is 6.46. The molecule has 2 N–H and O–H groups in total. The average Bonchev–Trinajstić information content (AvgIpc) is 3.47. The number of benzene rings is 3. The van der Waals surface area contributed by atoms with Crippen molar-refractivity contribution in [2.24, 2.45) is 0 Å². The van der Waals surface area contributed by atoms with Crippen LogP contribution in [0.25, 0.3) is 16.7 Å². The fraction of sp³-hybridized carbons (Fsp3) is 0.172. The van der Waals surface area contributed by atoms with E-state index < -0.39 is 17.7 Å². The summed E-state index contributed by atoms with van der Waals surface area (Å²) in [5.74, 6) is -0.0744. The van der Waals surface area contributed by atoms with Gasteiger partial charge >= 0.3 is 0 Å². The summed E-state index contributed by atoms with van der Waals surface area (Å²) >= 11 is 0. The Bertz CT molecular complexity index is 1570. The molecule has 6 rings (SSSR count). The van der Waals surface area contributed by atoms with Gasteiger partial charge in [-0.3, -0.25) is 9.59 Å². The second-order valence-corrected chi connectivity index (χ2v) is 8.89. The van der Waals surface area contributed by atoms with Gasteiger partial charge in [-0.25, -0.2) is 0 Å². The van der Waals surface area contributed by atoms with Crippen LogP contribution in [-0.4, -0.2) is 47.0 Å². The molecule has 2 aliphatic rings. The lowest BCUT2D eigenvalue weighted by Crippen LogP contribution is -2.29. The average molecular weight is 497 g/mol. The van der Waals surface area contributed by atoms with Crippen LogP contribution in [0.1, 0.15) is 22.7 Å². The number of ether oxygens (including phenoxy) is 3. The third kappa shape index (κ3) is 3.78. The van der Waals surface area contributed by atoms with Crippen molar-refractivity contribution in [3.8, 4) is 17.2 Å². The van der Waals surface area contributed by atoms with Gasteiger partial charge in [0.1, 0.15) is 24.7 Å². The van der Waals surface area contributed by atoms with E-state index in [9.17, 15) is 14.7 Å². The number of carbonyl (C=O) groups excluding carboxylic acids is 2. The van der Waals surface area contributed by atoms with E-state index in [4.69, 9.17) is 14.2 Å². The van der Waals surface area contributed by atoms with Gasteiger partial charge in [0.15, 0.2) is 11.5 Å². The fourth-order valence-electron chi connectivity index (χ4n) is 5.05. The third-order valence-corrected chi connectivity index (χ3v) is 6.80. The van der Waals surface area contributed by atoms with Crippen LogP contribution in [0.2, 0.25) is 0 Å². The first-order valence-electron chi connectivity index (χ1n) is 11.9. The first-order valence-corrected chi connectivity index (χ1v) is 11.9. The Morgan fingerprint density at radius 1 is 1.03 bits per heavy atom. The van der Waals surface area contributed by atoms with Crippen LogP contribution in [0, 0.1) is 0 Å². The minimum Gasteiger partial charge on any atom is -0.507 e. The Morgan fingerprint density at radius 3 is 2.62 bits per heavy atom. The molecule has 8 nitrogen and oxygen atoms in total. The van der Waals surface area contributed by atoms with Gasteiger partial charge in [0, 0.05) is 33.8 Å². The van der Waals surface area contributed by atoms with Crippen molar-refractivity contribution in [2.75, 3.05) is 20.3 Å². The molecule has 1 fully saturated rings. The summed E-state index contributed by atoms with van der Waals surface area (Å²) in [4.78, 5) is 31.7. The van der Waals surface area contributed by atoms with E-state index in [1.807, 2.05) is 48.5 Å². The zero-order valence-electron chi connectivity index (χ0n) is 20.1. The smallest absolute Gasteiger partial charge is 0.295 e. The first-order chi connectivity index (χ1) is 18.1. The number of hydrogen-bond donors (Lipinski definition) is 2. The number of para-hydroxylation sites is 2. The van der Waals surface area contributed by atoms with Crippen LogP contribution in [0.3, 0.4) is 0 Å². The maximum Gasteiger partial charge on any atom is 0.295 e. The molecule has 37 heavy (non-hydrogen) atoms. The second kappa shape index (κ2) is 9.05. The zero-order valence-corrected chi connectivity index (χ0v) is 20.1. The first kappa shape index (κ1) is 22.7. The summed E-state index contributed by atoms with van der Waals surface area (Å²) < 4.78 is 16.7. The van der Waals surface area contributed by atoms with Crippen molar-refractivity contribution in [3.05, 3.63) is 95.2 Å². The summed E-state index contributed by atoms with van der Waals surface area (Å²) in [7, 11) is 1.56. The number of nitrogens with zero attached hydrogens (tertiary/aromatic N) is 1. The lowest BCUT2D eigenvalue weighted by Gasteiger charge is -2.26. The van der Waals surface area contributed by atoms with Crippen molar-refractivity contribution < 1.29 is 28.9 Å². The van der Waals surface area contributed by atoms with Gasteiger partial charge in [0.2, 0.25) is 0 Å². The number of H-pyrrole nitrogens is 1. The molecule has 0 bridgehead atoms. The number of likely N-dealkylation sites (tertiary alicyclic amines) is 1. The normalized spacial score (nSPS) is 18.4. The van der Waals surface area contributed by atoms with Gasteiger partial charge in [-0.2, -0.15) is 0 Å². The van der Waals surface area contributed by atoms with Crippen molar-refractivity contribution in [1.29, 1.82) is 0 Å². The number of rotatable bonds is 5. The molecule has 3 heterocycles. The number of aliphatic hydroxyl groups is 1. The maximum atomic E-state index is 13.5. The molecule has 4 aromatic rings. The van der Waals surface area contributed by atoms with Crippen LogP contribution < -0.4 is 14.2 Å². The van der Waals surface area contributed by atoms with Crippen molar-refractivity contribution >= 4 is 28.4 Å². The molecule has 0 saturated carbocycles. The van der Waals surface area contributed by atoms with E-state index >= 15 is 0 Å². The van der Waals surface area contributed by atoms with Gasteiger partial charge in [-0.15, -0.1) is 0 Å². The quantitative estimate of drug-likeness (QED) is 0.239. The number of ketones is 1. The summed E-state index contributed by atoms with van der Waals surface area (Å²) in [6, 6.07) is 19.2. The van der Waals surface area contributed by atoms with Gasteiger partial charge in [-0.1, -0.05) is 36.4 Å². The van der Waals surface area contributed by atoms with Crippen LogP contribution in [-0.2, 0) is 16.1 Å². The molecular weight excluding hydrogens is 472 g/mol. The Labute approximate surface area is 212 Å². The monoisotopic (exact) mass is 496 g/mol. The molecule has 1 unspecified atom stereocenters. The van der Waals surface area contributed by atoms with Crippen LogP contribution in [0.15, 0.2) is 78.5 Å². The molecule has 0 spiro atoms. The standard InChI is InChI=1S/C29H24N2O6/c1-35-22-9-5-2-6-18(22)16-31-26(20-15-30-21-8-4-3-7-19(20)21)25(28(33)29(31)34)27(32)17-10-11-23-24(14-17)37-13-12-36-23/h2-11,14-15,26,30,32H,12-13,16H2,1H3/b27-25+. The van der Waals surface area contributed by atoms with Crippen LogP contribution >= 0.6 is 0 Å². The molecule has 0 radical (unpaired) electrons. The van der Waals surface area contributed by atoms with Crippen LogP contribution in [0.5, 0.6) is 17.2 Å². The molecule has 8 heteroatoms. The van der Waals surface area contributed by atoms with E-state index in [1.54, 1.807) is 31.5 Å². The highest BCUT2D eigenvalue weighted by atomic mass is 16.6. The third-order valence-electron chi connectivity index (χ3n) is 6.80. The highest BCUT2D eigenvalue weighted by Gasteiger charge is 2.47. The Balaban J connectivity index is 1.53. The molecule has 1 amide bonds. The Hall–Kier alpha value is -4.72. The highest BCUT2D eigenvalue weighted by Crippen LogP contribution is 2.44. The fourth-order valence-corrected chi connectivity index (χ4v) is 5.05. The number of carbonyl (C=O) groups is 2. The summed E-state index contributed by atoms with van der Waals surface area (Å²) in [6.45, 7) is 0.944. The van der Waals surface area contributed by atoms with Crippen molar-refractivity contribution in [1.82, 2.24) is 9.88 Å². The number of aromatic nitrogens is 1. The van der Waals surface area contributed by atoms with Gasteiger partial charge in [-0.05, 0) is 30.3 Å². The largest absolute Gasteiger partial charge is 0.507 e. The molecule has 1 aromatic heterocycles. The van der Waals surface area contributed by atoms with Gasteiger partial charge < -0.3 is 29.2 Å². The van der Waals surface area contributed by atoms with E-state index in [2.05, 4.69) is 4.98 Å². The topological polar surface area (TPSA) is 101 Å². The number of aromatic amines is 1. The van der Waals surface area contributed by atoms with Crippen molar-refractivity contribution in [3.63, 3.8) is 0 Å². The number of hydrogen-bond acceptors (Lipinski definition) is 6. The second-order valence-electron chi connectivity index (χ2n) is 8.89. The summed E-state index contributed by atoms with van der Waals surface area (Å²) in [5, 5.41) is 12.3. The Morgan fingerprint density at radius 2 is 1.78 bits per heavy atom. The predicted molar refractivity (Wildman–Crippen MR) is 137 cm³/mol. The molecule has 1 saturated heterocycles. The SMILES string of the molecule is COc1ccccc1CN1C(=O)C(=O)/C(=C(/O)c2ccc3c(c2)OCCO3)C1c1c[nH]c2ccccc12. The summed E-state index contributed by atoms with van der Waals surface area (Å²) in [6.07, 6.45) is 1.79. The predicted octanol–water partition coefficient (Wildman–Crippen LogP) is 4.57. The van der Waals surface area contributed by atoms with E-state index in [0.717, 1.165) is 16.5 Å². The van der Waals surface area contributed by atoms with Crippen LogP contribution in [0.4, 0.5) is 0 Å². The van der Waals surface area contributed by atoms with E-state index in [-0.39, 0.29) is 17.9 Å². The number of methoxy groups -OCH3 is 1. The number of nitrogens with one attached hydrogen (secondary N) is 1. The number of Topliss-reactive ketones (excluding diaryl/α,β-unsaturated/α-hetero) is 1.